The number of carboxylic acids is 1. The van der Waals surface area contributed by atoms with Crippen LogP contribution in [0.2, 0.25) is 0 Å². The lowest BCUT2D eigenvalue weighted by Gasteiger charge is -2.34. The highest BCUT2D eigenvalue weighted by Gasteiger charge is 2.24. The summed E-state index contributed by atoms with van der Waals surface area (Å²) in [4.78, 5) is 27.8. The highest BCUT2D eigenvalue weighted by molar-refractivity contribution is 7.98. The van der Waals surface area contributed by atoms with E-state index in [1.807, 2.05) is 35.4 Å². The van der Waals surface area contributed by atoms with Crippen LogP contribution in [0, 0.1) is 0 Å². The Bertz CT molecular complexity index is 499. The first-order valence-corrected chi connectivity index (χ1v) is 7.70. The highest BCUT2D eigenvalue weighted by atomic mass is 32.2. The Balaban J connectivity index is 2.00. The molecule has 0 spiro atoms. The van der Waals surface area contributed by atoms with Crippen LogP contribution in [0.3, 0.4) is 0 Å². The van der Waals surface area contributed by atoms with Crippen molar-refractivity contribution in [2.24, 2.45) is 0 Å². The van der Waals surface area contributed by atoms with E-state index in [1.165, 1.54) is 0 Å². The number of aliphatic carboxylic acids is 1. The van der Waals surface area contributed by atoms with E-state index in [2.05, 4.69) is 0 Å². The second kappa shape index (κ2) is 6.76. The molecule has 1 fully saturated rings. The first kappa shape index (κ1) is 14.9. The Morgan fingerprint density at radius 3 is 2.45 bits per heavy atom. The number of hydrogen-bond donors (Lipinski definition) is 1. The van der Waals surface area contributed by atoms with Crippen LogP contribution in [-0.4, -0.2) is 65.8 Å². The molecule has 20 heavy (non-hydrogen) atoms. The first-order valence-electron chi connectivity index (χ1n) is 6.48. The third-order valence-corrected chi connectivity index (χ3v) is 4.15. The number of nitrogens with zero attached hydrogens (tertiary/aromatic N) is 2. The Morgan fingerprint density at radius 2 is 1.85 bits per heavy atom. The lowest BCUT2D eigenvalue weighted by molar-refractivity contribution is -0.138. The summed E-state index contributed by atoms with van der Waals surface area (Å²) in [7, 11) is 0. The Kier molecular flexibility index (Phi) is 5.03. The zero-order valence-electron chi connectivity index (χ0n) is 11.4. The highest BCUT2D eigenvalue weighted by Crippen LogP contribution is 2.21. The van der Waals surface area contributed by atoms with Gasteiger partial charge in [0.25, 0.3) is 5.91 Å². The molecule has 0 saturated carbocycles. The largest absolute Gasteiger partial charge is 0.480 e. The summed E-state index contributed by atoms with van der Waals surface area (Å²) in [6, 6.07) is 7.58. The van der Waals surface area contributed by atoms with E-state index < -0.39 is 5.97 Å². The van der Waals surface area contributed by atoms with Gasteiger partial charge in [0.1, 0.15) is 0 Å². The van der Waals surface area contributed by atoms with Gasteiger partial charge >= 0.3 is 5.97 Å². The molecule has 1 aliphatic rings. The van der Waals surface area contributed by atoms with E-state index in [-0.39, 0.29) is 12.5 Å². The van der Waals surface area contributed by atoms with Gasteiger partial charge in [-0.05, 0) is 18.4 Å². The summed E-state index contributed by atoms with van der Waals surface area (Å²) in [6.07, 6.45) is 1.96. The maximum absolute atomic E-state index is 12.5. The monoisotopic (exact) mass is 294 g/mol. The van der Waals surface area contributed by atoms with Gasteiger partial charge < -0.3 is 10.0 Å². The molecule has 2 rings (SSSR count). The quantitative estimate of drug-likeness (QED) is 0.847. The lowest BCUT2D eigenvalue weighted by atomic mass is 10.2. The molecular weight excluding hydrogens is 276 g/mol. The van der Waals surface area contributed by atoms with Crippen molar-refractivity contribution in [3.8, 4) is 0 Å². The number of carbonyl (C=O) groups is 2. The number of carboxylic acid groups (broad SMARTS) is 1. The molecule has 1 aromatic carbocycles. The molecule has 1 N–H and O–H groups in total. The molecule has 5 nitrogen and oxygen atoms in total. The van der Waals surface area contributed by atoms with Crippen LogP contribution in [-0.2, 0) is 4.79 Å². The second-order valence-electron chi connectivity index (χ2n) is 4.66. The molecule has 0 radical (unpaired) electrons. The predicted molar refractivity (Wildman–Crippen MR) is 78.2 cm³/mol. The van der Waals surface area contributed by atoms with Crippen molar-refractivity contribution in [3.05, 3.63) is 29.8 Å². The Hall–Kier alpha value is -1.53. The molecule has 1 heterocycles. The van der Waals surface area contributed by atoms with Crippen molar-refractivity contribution >= 4 is 23.6 Å². The number of rotatable bonds is 4. The van der Waals surface area contributed by atoms with Gasteiger partial charge in [0.05, 0.1) is 12.1 Å². The molecule has 108 valence electrons. The first-order chi connectivity index (χ1) is 9.61. The summed E-state index contributed by atoms with van der Waals surface area (Å²) < 4.78 is 0. The van der Waals surface area contributed by atoms with Crippen LogP contribution in [0.4, 0.5) is 0 Å². The standard InChI is InChI=1S/C14H18N2O3S/c1-20-12-5-3-2-4-11(12)14(19)16-8-6-15(7-9-16)10-13(17)18/h2-5H,6-10H2,1H3,(H,17,18). The van der Waals surface area contributed by atoms with Gasteiger partial charge in [-0.1, -0.05) is 12.1 Å². The fraction of sp³-hybridized carbons (Fsp3) is 0.429. The van der Waals surface area contributed by atoms with Crippen LogP contribution in [0.5, 0.6) is 0 Å². The van der Waals surface area contributed by atoms with Gasteiger partial charge in [0.15, 0.2) is 0 Å². The van der Waals surface area contributed by atoms with Crippen LogP contribution >= 0.6 is 11.8 Å². The number of thioether (sulfide) groups is 1. The molecule has 0 bridgehead atoms. The molecule has 0 unspecified atom stereocenters. The van der Waals surface area contributed by atoms with E-state index in [9.17, 15) is 9.59 Å². The minimum Gasteiger partial charge on any atom is -0.480 e. The number of piperazine rings is 1. The molecule has 0 aliphatic carbocycles. The van der Waals surface area contributed by atoms with Gasteiger partial charge in [-0.25, -0.2) is 0 Å². The zero-order chi connectivity index (χ0) is 14.5. The number of amides is 1. The van der Waals surface area contributed by atoms with Gasteiger partial charge in [-0.2, -0.15) is 0 Å². The van der Waals surface area contributed by atoms with Gasteiger partial charge in [0, 0.05) is 31.1 Å². The van der Waals surface area contributed by atoms with Crippen molar-refractivity contribution in [1.82, 2.24) is 9.80 Å². The minimum atomic E-state index is -0.822. The summed E-state index contributed by atoms with van der Waals surface area (Å²) in [5, 5.41) is 8.76. The Morgan fingerprint density at radius 1 is 1.20 bits per heavy atom. The smallest absolute Gasteiger partial charge is 0.317 e. The molecule has 1 saturated heterocycles. The summed E-state index contributed by atoms with van der Waals surface area (Å²) in [5.74, 6) is -0.789. The fourth-order valence-corrected chi connectivity index (χ4v) is 2.88. The van der Waals surface area contributed by atoms with Crippen molar-refractivity contribution < 1.29 is 14.7 Å². The summed E-state index contributed by atoms with van der Waals surface area (Å²) in [6.45, 7) is 2.42. The van der Waals surface area contributed by atoms with Crippen LogP contribution in [0.15, 0.2) is 29.2 Å². The molecule has 1 amide bonds. The van der Waals surface area contributed by atoms with E-state index >= 15 is 0 Å². The van der Waals surface area contributed by atoms with Gasteiger partial charge in [-0.15, -0.1) is 11.8 Å². The average Bonchev–Trinajstić information content (AvgIpc) is 2.46. The van der Waals surface area contributed by atoms with Crippen LogP contribution < -0.4 is 0 Å². The van der Waals surface area contributed by atoms with Crippen molar-refractivity contribution in [1.29, 1.82) is 0 Å². The van der Waals surface area contributed by atoms with E-state index in [4.69, 9.17) is 5.11 Å². The van der Waals surface area contributed by atoms with Crippen molar-refractivity contribution in [3.63, 3.8) is 0 Å². The maximum Gasteiger partial charge on any atom is 0.317 e. The molecule has 0 atom stereocenters. The van der Waals surface area contributed by atoms with E-state index in [1.54, 1.807) is 16.7 Å². The fourth-order valence-electron chi connectivity index (χ4n) is 2.29. The van der Waals surface area contributed by atoms with Crippen molar-refractivity contribution in [2.75, 3.05) is 39.0 Å². The second-order valence-corrected chi connectivity index (χ2v) is 5.51. The summed E-state index contributed by atoms with van der Waals surface area (Å²) in [5.41, 5.74) is 0.728. The predicted octanol–water partition coefficient (Wildman–Crippen LogP) is 1.25. The average molecular weight is 294 g/mol. The van der Waals surface area contributed by atoms with E-state index in [0.717, 1.165) is 10.5 Å². The van der Waals surface area contributed by atoms with Crippen LogP contribution in [0.1, 0.15) is 10.4 Å². The zero-order valence-corrected chi connectivity index (χ0v) is 12.2. The number of carbonyl (C=O) groups excluding carboxylic acids is 1. The molecule has 1 aliphatic heterocycles. The van der Waals surface area contributed by atoms with E-state index in [0.29, 0.717) is 26.2 Å². The van der Waals surface area contributed by atoms with Crippen molar-refractivity contribution in [2.45, 2.75) is 4.90 Å². The van der Waals surface area contributed by atoms with Gasteiger partial charge in [0.2, 0.25) is 0 Å². The molecular formula is C14H18N2O3S. The normalized spacial score (nSPS) is 16.1. The molecule has 6 heteroatoms. The third kappa shape index (κ3) is 3.52. The lowest BCUT2D eigenvalue weighted by Crippen LogP contribution is -2.50. The van der Waals surface area contributed by atoms with Crippen LogP contribution in [0.25, 0.3) is 0 Å². The summed E-state index contributed by atoms with van der Waals surface area (Å²) >= 11 is 1.56. The topological polar surface area (TPSA) is 60.9 Å². The minimum absolute atomic E-state index is 0.0323. The van der Waals surface area contributed by atoms with Gasteiger partial charge in [-0.3, -0.25) is 14.5 Å². The number of hydrogen-bond acceptors (Lipinski definition) is 4. The SMILES string of the molecule is CSc1ccccc1C(=O)N1CCN(CC(=O)O)CC1. The molecule has 1 aromatic rings. The Labute approximate surface area is 122 Å². The maximum atomic E-state index is 12.5. The molecule has 0 aromatic heterocycles. The third-order valence-electron chi connectivity index (χ3n) is 3.36. The number of benzene rings is 1.